The lowest BCUT2D eigenvalue weighted by Crippen LogP contribution is -2.37. The molecule has 7 heteroatoms. The third-order valence-corrected chi connectivity index (χ3v) is 7.45. The second-order valence-corrected chi connectivity index (χ2v) is 9.37. The first kappa shape index (κ1) is 19.1. The number of nitrogens with zero attached hydrogens (tertiary/aromatic N) is 2. The molecule has 0 spiro atoms. The Kier molecular flexibility index (Phi) is 4.97. The third kappa shape index (κ3) is 3.22. The summed E-state index contributed by atoms with van der Waals surface area (Å²) in [4.78, 5) is 14.4. The summed E-state index contributed by atoms with van der Waals surface area (Å²) in [6.07, 6.45) is 3.24. The number of amides is 1. The number of hydrogen-bond acceptors (Lipinski definition) is 3. The molecule has 1 fully saturated rings. The van der Waals surface area contributed by atoms with Crippen LogP contribution in [0.1, 0.15) is 42.1 Å². The van der Waals surface area contributed by atoms with E-state index in [0.717, 1.165) is 43.0 Å². The van der Waals surface area contributed by atoms with E-state index in [0.29, 0.717) is 13.1 Å². The van der Waals surface area contributed by atoms with Gasteiger partial charge in [-0.15, -0.1) is 0 Å². The van der Waals surface area contributed by atoms with Crippen molar-refractivity contribution in [1.82, 2.24) is 4.31 Å². The predicted octanol–water partition coefficient (Wildman–Crippen LogP) is 3.59. The molecule has 1 atom stereocenters. The molecular formula is C21H23FN2O3S. The van der Waals surface area contributed by atoms with E-state index in [1.807, 2.05) is 31.2 Å². The summed E-state index contributed by atoms with van der Waals surface area (Å²) < 4.78 is 41.6. The van der Waals surface area contributed by atoms with Gasteiger partial charge in [0.2, 0.25) is 10.0 Å². The molecule has 0 aromatic heterocycles. The maximum absolute atomic E-state index is 14.4. The Hall–Kier alpha value is -2.25. The summed E-state index contributed by atoms with van der Waals surface area (Å²) in [5.41, 5.74) is 2.08. The number of sulfonamides is 1. The minimum absolute atomic E-state index is 0.0443. The highest BCUT2D eigenvalue weighted by atomic mass is 32.2. The SMILES string of the molecule is C[C@H]1Cc2ccccc2N1C(=O)c1ccc(F)c(S(=O)(=O)N2CCCCC2)c1. The number of para-hydroxylation sites is 1. The van der Waals surface area contributed by atoms with Crippen LogP contribution in [0.2, 0.25) is 0 Å². The van der Waals surface area contributed by atoms with E-state index in [-0.39, 0.29) is 17.5 Å². The van der Waals surface area contributed by atoms with E-state index in [9.17, 15) is 17.6 Å². The lowest BCUT2D eigenvalue weighted by Gasteiger charge is -2.26. The molecule has 1 saturated heterocycles. The number of hydrogen-bond donors (Lipinski definition) is 0. The van der Waals surface area contributed by atoms with Crippen LogP contribution in [0, 0.1) is 5.82 Å². The van der Waals surface area contributed by atoms with Crippen molar-refractivity contribution in [2.45, 2.75) is 43.5 Å². The van der Waals surface area contributed by atoms with Crippen molar-refractivity contribution in [1.29, 1.82) is 0 Å². The van der Waals surface area contributed by atoms with Crippen molar-refractivity contribution < 1.29 is 17.6 Å². The molecule has 0 radical (unpaired) electrons. The van der Waals surface area contributed by atoms with Gasteiger partial charge in [-0.3, -0.25) is 4.79 Å². The number of carbonyl (C=O) groups excluding carboxylic acids is 1. The van der Waals surface area contributed by atoms with E-state index < -0.39 is 20.7 Å². The van der Waals surface area contributed by atoms with Gasteiger partial charge in [-0.05, 0) is 56.0 Å². The number of carbonyl (C=O) groups is 1. The summed E-state index contributed by atoms with van der Waals surface area (Å²) >= 11 is 0. The Labute approximate surface area is 164 Å². The average Bonchev–Trinajstić information content (AvgIpc) is 3.04. The fourth-order valence-corrected chi connectivity index (χ4v) is 5.70. The fraction of sp³-hybridized carbons (Fsp3) is 0.381. The van der Waals surface area contributed by atoms with Crippen LogP contribution in [-0.2, 0) is 16.4 Å². The molecule has 0 N–H and O–H groups in total. The van der Waals surface area contributed by atoms with Gasteiger partial charge in [0.1, 0.15) is 10.7 Å². The average molecular weight is 402 g/mol. The number of halogens is 1. The molecule has 0 bridgehead atoms. The van der Waals surface area contributed by atoms with Crippen molar-refractivity contribution in [3.63, 3.8) is 0 Å². The first-order chi connectivity index (χ1) is 13.4. The normalized spacial score (nSPS) is 20.2. The van der Waals surface area contributed by atoms with Crippen molar-refractivity contribution in [3.05, 3.63) is 59.4 Å². The molecule has 1 amide bonds. The second kappa shape index (κ2) is 7.29. The summed E-state index contributed by atoms with van der Waals surface area (Å²) in [5.74, 6) is -1.13. The van der Waals surface area contributed by atoms with Crippen molar-refractivity contribution in [3.8, 4) is 0 Å². The minimum atomic E-state index is -3.96. The maximum atomic E-state index is 14.4. The molecule has 2 aliphatic rings. The molecule has 2 aromatic rings. The van der Waals surface area contributed by atoms with Gasteiger partial charge < -0.3 is 4.90 Å². The minimum Gasteiger partial charge on any atom is -0.305 e. The Morgan fingerprint density at radius 1 is 1.07 bits per heavy atom. The van der Waals surface area contributed by atoms with Gasteiger partial charge in [-0.1, -0.05) is 24.6 Å². The summed E-state index contributed by atoms with van der Waals surface area (Å²) in [6, 6.07) is 11.3. The zero-order valence-corrected chi connectivity index (χ0v) is 16.6. The highest BCUT2D eigenvalue weighted by Gasteiger charge is 2.33. The Balaban J connectivity index is 1.70. The van der Waals surface area contributed by atoms with Gasteiger partial charge in [-0.2, -0.15) is 4.31 Å². The lowest BCUT2D eigenvalue weighted by atomic mass is 10.1. The quantitative estimate of drug-likeness (QED) is 0.788. The van der Waals surface area contributed by atoms with E-state index in [2.05, 4.69) is 0 Å². The van der Waals surface area contributed by atoms with Crippen LogP contribution in [0.5, 0.6) is 0 Å². The molecule has 4 rings (SSSR count). The topological polar surface area (TPSA) is 57.7 Å². The standard InChI is InChI=1S/C21H23FN2O3S/c1-15-13-16-7-3-4-8-19(16)24(15)21(25)17-9-10-18(22)20(14-17)28(26,27)23-11-5-2-6-12-23/h3-4,7-10,14-15H,2,5-6,11-13H2,1H3/t15-/m0/s1. The molecule has 2 heterocycles. The Bertz CT molecular complexity index is 1020. The van der Waals surface area contributed by atoms with Crippen molar-refractivity contribution in [2.75, 3.05) is 18.0 Å². The Morgan fingerprint density at radius 2 is 1.79 bits per heavy atom. The van der Waals surface area contributed by atoms with Gasteiger partial charge in [-0.25, -0.2) is 12.8 Å². The van der Waals surface area contributed by atoms with Gasteiger partial charge >= 0.3 is 0 Å². The largest absolute Gasteiger partial charge is 0.305 e. The fourth-order valence-electron chi connectivity index (χ4n) is 4.09. The molecule has 2 aromatic carbocycles. The molecule has 148 valence electrons. The third-order valence-electron chi connectivity index (χ3n) is 5.54. The molecule has 2 aliphatic heterocycles. The van der Waals surface area contributed by atoms with Crippen LogP contribution in [0.3, 0.4) is 0 Å². The van der Waals surface area contributed by atoms with E-state index in [4.69, 9.17) is 0 Å². The summed E-state index contributed by atoms with van der Waals surface area (Å²) in [6.45, 7) is 2.72. The van der Waals surface area contributed by atoms with Crippen molar-refractivity contribution >= 4 is 21.6 Å². The predicted molar refractivity (Wildman–Crippen MR) is 105 cm³/mol. The first-order valence-corrected chi connectivity index (χ1v) is 11.0. The number of fused-ring (bicyclic) bond motifs is 1. The zero-order chi connectivity index (χ0) is 19.9. The van der Waals surface area contributed by atoms with Crippen LogP contribution in [0.4, 0.5) is 10.1 Å². The summed E-state index contributed by atoms with van der Waals surface area (Å²) in [7, 11) is -3.96. The van der Waals surface area contributed by atoms with Crippen LogP contribution < -0.4 is 4.90 Å². The number of rotatable bonds is 3. The van der Waals surface area contributed by atoms with Crippen LogP contribution in [0.15, 0.2) is 47.4 Å². The van der Waals surface area contributed by atoms with Gasteiger partial charge in [0.15, 0.2) is 0 Å². The maximum Gasteiger partial charge on any atom is 0.258 e. The first-order valence-electron chi connectivity index (χ1n) is 9.61. The summed E-state index contributed by atoms with van der Waals surface area (Å²) in [5, 5.41) is 0. The highest BCUT2D eigenvalue weighted by Crippen LogP contribution is 2.33. The van der Waals surface area contributed by atoms with Gasteiger partial charge in [0, 0.05) is 30.4 Å². The van der Waals surface area contributed by atoms with Crippen LogP contribution in [-0.4, -0.2) is 37.8 Å². The second-order valence-electron chi connectivity index (χ2n) is 7.47. The number of benzene rings is 2. The molecule has 5 nitrogen and oxygen atoms in total. The number of piperidine rings is 1. The van der Waals surface area contributed by atoms with Crippen LogP contribution >= 0.6 is 0 Å². The monoisotopic (exact) mass is 402 g/mol. The molecule has 0 saturated carbocycles. The zero-order valence-electron chi connectivity index (χ0n) is 15.8. The van der Waals surface area contributed by atoms with E-state index in [1.54, 1.807) is 4.90 Å². The van der Waals surface area contributed by atoms with Crippen molar-refractivity contribution in [2.24, 2.45) is 0 Å². The van der Waals surface area contributed by atoms with E-state index in [1.165, 1.54) is 16.4 Å². The Morgan fingerprint density at radius 3 is 2.54 bits per heavy atom. The molecule has 0 unspecified atom stereocenters. The lowest BCUT2D eigenvalue weighted by molar-refractivity contribution is 0.0981. The smallest absolute Gasteiger partial charge is 0.258 e. The van der Waals surface area contributed by atoms with Crippen LogP contribution in [0.25, 0.3) is 0 Å². The van der Waals surface area contributed by atoms with Gasteiger partial charge in [0.25, 0.3) is 5.91 Å². The number of anilines is 1. The van der Waals surface area contributed by atoms with Gasteiger partial charge in [0.05, 0.1) is 0 Å². The van der Waals surface area contributed by atoms with E-state index >= 15 is 0 Å². The highest BCUT2D eigenvalue weighted by molar-refractivity contribution is 7.89. The molecule has 0 aliphatic carbocycles. The molecule has 28 heavy (non-hydrogen) atoms. The molecular weight excluding hydrogens is 379 g/mol.